The summed E-state index contributed by atoms with van der Waals surface area (Å²) in [5.41, 5.74) is 1.55. The second-order valence-corrected chi connectivity index (χ2v) is 8.84. The van der Waals surface area contributed by atoms with E-state index in [0.29, 0.717) is 22.0 Å². The number of benzene rings is 3. The second-order valence-electron chi connectivity index (χ2n) is 6.63. The van der Waals surface area contributed by atoms with Crippen LogP contribution >= 0.6 is 11.6 Å². The average molecular weight is 473 g/mol. The van der Waals surface area contributed by atoms with Crippen molar-refractivity contribution in [3.63, 3.8) is 0 Å². The molecule has 0 saturated carbocycles. The molecule has 3 aromatic rings. The predicted octanol–water partition coefficient (Wildman–Crippen LogP) is 3.69. The smallest absolute Gasteiger partial charge is 0.323 e. The molecule has 166 valence electrons. The third kappa shape index (κ3) is 6.81. The van der Waals surface area contributed by atoms with E-state index in [4.69, 9.17) is 11.6 Å². The predicted molar refractivity (Wildman–Crippen MR) is 124 cm³/mol. The maximum Gasteiger partial charge on any atom is 0.323 e. The van der Waals surface area contributed by atoms with Gasteiger partial charge in [-0.3, -0.25) is 4.79 Å². The van der Waals surface area contributed by atoms with Gasteiger partial charge < -0.3 is 16.0 Å². The first-order chi connectivity index (χ1) is 15.3. The third-order valence-electron chi connectivity index (χ3n) is 4.25. The summed E-state index contributed by atoms with van der Waals surface area (Å²) in [7, 11) is -3.72. The molecule has 0 unspecified atom stereocenters. The van der Waals surface area contributed by atoms with Crippen LogP contribution in [0.15, 0.2) is 83.8 Å². The van der Waals surface area contributed by atoms with Gasteiger partial charge in [-0.1, -0.05) is 35.9 Å². The first-order valence-electron chi connectivity index (χ1n) is 9.60. The van der Waals surface area contributed by atoms with Gasteiger partial charge >= 0.3 is 6.03 Å². The molecule has 0 fully saturated rings. The zero-order chi connectivity index (χ0) is 23.0. The molecule has 0 aliphatic carbocycles. The van der Waals surface area contributed by atoms with Crippen LogP contribution in [0.5, 0.6) is 0 Å². The van der Waals surface area contributed by atoms with Crippen molar-refractivity contribution in [1.29, 1.82) is 0 Å². The first-order valence-corrected chi connectivity index (χ1v) is 11.5. The van der Waals surface area contributed by atoms with Gasteiger partial charge in [0.2, 0.25) is 10.0 Å². The average Bonchev–Trinajstić information content (AvgIpc) is 2.78. The van der Waals surface area contributed by atoms with E-state index < -0.39 is 16.1 Å². The summed E-state index contributed by atoms with van der Waals surface area (Å²) in [6, 6.07) is 20.8. The molecule has 0 heterocycles. The number of nitrogens with one attached hydrogen (secondary N) is 4. The fraction of sp³-hybridized carbons (Fsp3) is 0.0909. The molecular formula is C22H21ClN4O4S. The highest BCUT2D eigenvalue weighted by Gasteiger charge is 2.14. The Kier molecular flexibility index (Phi) is 7.82. The van der Waals surface area contributed by atoms with Crippen molar-refractivity contribution >= 4 is 44.9 Å². The molecule has 0 bridgehead atoms. The largest absolute Gasteiger partial charge is 0.351 e. The Balaban J connectivity index is 1.45. The van der Waals surface area contributed by atoms with Crippen LogP contribution in [0.3, 0.4) is 0 Å². The Labute approximate surface area is 191 Å². The van der Waals surface area contributed by atoms with E-state index in [0.717, 1.165) is 0 Å². The molecule has 3 amide bonds. The van der Waals surface area contributed by atoms with Crippen LogP contribution in [0.4, 0.5) is 16.2 Å². The lowest BCUT2D eigenvalue weighted by Gasteiger charge is -2.10. The van der Waals surface area contributed by atoms with Crippen LogP contribution in [0.1, 0.15) is 10.4 Å². The van der Waals surface area contributed by atoms with Gasteiger partial charge in [0, 0.05) is 35.1 Å². The zero-order valence-corrected chi connectivity index (χ0v) is 18.4. The summed E-state index contributed by atoms with van der Waals surface area (Å²) in [6.45, 7) is 0.109. The number of anilines is 2. The Morgan fingerprint density at radius 2 is 1.44 bits per heavy atom. The minimum absolute atomic E-state index is 0.0138. The van der Waals surface area contributed by atoms with Crippen LogP contribution in [-0.4, -0.2) is 33.4 Å². The molecule has 3 aromatic carbocycles. The fourth-order valence-corrected chi connectivity index (χ4v) is 4.03. The lowest BCUT2D eigenvalue weighted by molar-refractivity contribution is 0.0954. The number of para-hydroxylation sites is 1. The highest BCUT2D eigenvalue weighted by atomic mass is 35.5. The molecule has 0 aliphatic rings. The first kappa shape index (κ1) is 23.3. The number of halogens is 1. The quantitative estimate of drug-likeness (QED) is 0.374. The molecule has 0 spiro atoms. The zero-order valence-electron chi connectivity index (χ0n) is 16.8. The maximum absolute atomic E-state index is 12.3. The minimum atomic E-state index is -3.72. The van der Waals surface area contributed by atoms with Crippen LogP contribution in [-0.2, 0) is 10.0 Å². The number of hydrogen-bond acceptors (Lipinski definition) is 4. The summed E-state index contributed by atoms with van der Waals surface area (Å²) >= 11 is 5.82. The molecule has 0 saturated heterocycles. The Morgan fingerprint density at radius 3 is 2.09 bits per heavy atom. The third-order valence-corrected chi connectivity index (χ3v) is 5.94. The van der Waals surface area contributed by atoms with Crippen LogP contribution in [0, 0.1) is 0 Å². The molecule has 0 atom stereocenters. The molecule has 0 aliphatic heterocycles. The van der Waals surface area contributed by atoms with Gasteiger partial charge in [0.15, 0.2) is 0 Å². The number of amides is 3. The number of hydrogen-bond donors (Lipinski definition) is 4. The summed E-state index contributed by atoms with van der Waals surface area (Å²) < 4.78 is 26.8. The standard InChI is InChI=1S/C22H21ClN4O4S/c23-17-5-4-8-20(15-17)32(30,31)25-14-13-24-21(28)16-9-11-19(12-10-16)27-22(29)26-18-6-2-1-3-7-18/h1-12,15,25H,13-14H2,(H,24,28)(H2,26,27,29). The highest BCUT2D eigenvalue weighted by molar-refractivity contribution is 7.89. The molecule has 0 aromatic heterocycles. The Morgan fingerprint density at radius 1 is 0.781 bits per heavy atom. The van der Waals surface area contributed by atoms with Gasteiger partial charge in [-0.15, -0.1) is 0 Å². The molecular weight excluding hydrogens is 452 g/mol. The van der Waals surface area contributed by atoms with Crippen LogP contribution < -0.4 is 20.7 Å². The summed E-state index contributed by atoms with van der Waals surface area (Å²) in [5.74, 6) is -0.368. The molecule has 4 N–H and O–H groups in total. The maximum atomic E-state index is 12.3. The van der Waals surface area contributed by atoms with Crippen LogP contribution in [0.2, 0.25) is 5.02 Å². The lowest BCUT2D eigenvalue weighted by atomic mass is 10.2. The van der Waals surface area contributed by atoms with Gasteiger partial charge in [-0.2, -0.15) is 0 Å². The Bertz CT molecular complexity index is 1190. The van der Waals surface area contributed by atoms with E-state index in [1.165, 1.54) is 12.1 Å². The van der Waals surface area contributed by atoms with Crippen molar-refractivity contribution in [2.45, 2.75) is 4.90 Å². The molecule has 32 heavy (non-hydrogen) atoms. The second kappa shape index (κ2) is 10.8. The van der Waals surface area contributed by atoms with E-state index >= 15 is 0 Å². The lowest BCUT2D eigenvalue weighted by Crippen LogP contribution is -2.34. The van der Waals surface area contributed by atoms with Crippen molar-refractivity contribution in [3.05, 3.63) is 89.4 Å². The van der Waals surface area contributed by atoms with Gasteiger partial charge in [0.05, 0.1) is 4.90 Å². The van der Waals surface area contributed by atoms with E-state index in [1.807, 2.05) is 18.2 Å². The normalized spacial score (nSPS) is 10.9. The number of carbonyl (C=O) groups is 2. The van der Waals surface area contributed by atoms with Gasteiger partial charge in [-0.05, 0) is 54.6 Å². The highest BCUT2D eigenvalue weighted by Crippen LogP contribution is 2.15. The summed E-state index contributed by atoms with van der Waals surface area (Å²) in [5, 5.41) is 8.33. The number of sulfonamides is 1. The van der Waals surface area contributed by atoms with E-state index in [2.05, 4.69) is 20.7 Å². The van der Waals surface area contributed by atoms with Gasteiger partial charge in [0.25, 0.3) is 5.91 Å². The number of urea groups is 1. The van der Waals surface area contributed by atoms with Crippen molar-refractivity contribution in [3.8, 4) is 0 Å². The van der Waals surface area contributed by atoms with E-state index in [-0.39, 0.29) is 23.9 Å². The number of rotatable bonds is 8. The molecule has 0 radical (unpaired) electrons. The fourth-order valence-electron chi connectivity index (χ4n) is 2.70. The van der Waals surface area contributed by atoms with Gasteiger partial charge in [-0.25, -0.2) is 17.9 Å². The SMILES string of the molecule is O=C(Nc1ccccc1)Nc1ccc(C(=O)NCCNS(=O)(=O)c2cccc(Cl)c2)cc1. The van der Waals surface area contributed by atoms with Crippen molar-refractivity contribution in [1.82, 2.24) is 10.0 Å². The minimum Gasteiger partial charge on any atom is -0.351 e. The van der Waals surface area contributed by atoms with E-state index in [9.17, 15) is 18.0 Å². The molecule has 8 nitrogen and oxygen atoms in total. The number of carbonyl (C=O) groups excluding carboxylic acids is 2. The van der Waals surface area contributed by atoms with Crippen molar-refractivity contribution in [2.24, 2.45) is 0 Å². The van der Waals surface area contributed by atoms with Crippen LogP contribution in [0.25, 0.3) is 0 Å². The van der Waals surface area contributed by atoms with Crippen molar-refractivity contribution in [2.75, 3.05) is 23.7 Å². The monoisotopic (exact) mass is 472 g/mol. The summed E-state index contributed by atoms with van der Waals surface area (Å²) in [6.07, 6.45) is 0. The molecule has 3 rings (SSSR count). The Hall–Kier alpha value is -3.40. The topological polar surface area (TPSA) is 116 Å². The van der Waals surface area contributed by atoms with Gasteiger partial charge in [0.1, 0.15) is 0 Å². The van der Waals surface area contributed by atoms with Crippen molar-refractivity contribution < 1.29 is 18.0 Å². The molecule has 10 heteroatoms. The van der Waals surface area contributed by atoms with E-state index in [1.54, 1.807) is 48.5 Å². The summed E-state index contributed by atoms with van der Waals surface area (Å²) in [4.78, 5) is 24.3.